The molecule has 13 heteroatoms. The van der Waals surface area contributed by atoms with Crippen LogP contribution in [0.4, 0.5) is 10.5 Å². The third kappa shape index (κ3) is 10.8. The molecule has 0 aliphatic carbocycles. The average Bonchev–Trinajstić information content (AvgIpc) is 3.09. The number of carboxylic acids is 1. The number of nitrogens with zero attached hydrogens (tertiary/aromatic N) is 1. The van der Waals surface area contributed by atoms with Crippen molar-refractivity contribution >= 4 is 29.6 Å². The minimum atomic E-state index is -1.23. The molecule has 2 aliphatic heterocycles. The predicted octanol–water partition coefficient (Wildman–Crippen LogP) is 4.12. The number of aliphatic hydroxyl groups is 1. The van der Waals surface area contributed by atoms with Crippen molar-refractivity contribution in [3.8, 4) is 5.75 Å². The molecule has 13 nitrogen and oxygen atoms in total. The van der Waals surface area contributed by atoms with E-state index in [0.717, 1.165) is 44.6 Å². The first-order valence-electron chi connectivity index (χ1n) is 16.2. The number of benzene rings is 2. The normalized spacial score (nSPS) is 16.1. The smallest absolute Gasteiger partial charge is 0.336 e. The number of carbonyl (C=O) groups is 4. The maximum absolute atomic E-state index is 12.8. The van der Waals surface area contributed by atoms with Gasteiger partial charge in [-0.1, -0.05) is 24.3 Å². The monoisotopic (exact) mass is 680 g/mol. The van der Waals surface area contributed by atoms with Gasteiger partial charge in [0.1, 0.15) is 11.9 Å². The number of hydrogen-bond acceptors (Lipinski definition) is 10. The molecule has 4 rings (SSSR count). The average molecular weight is 681 g/mol. The van der Waals surface area contributed by atoms with Gasteiger partial charge in [0.2, 0.25) is 0 Å². The highest BCUT2D eigenvalue weighted by molar-refractivity contribution is 6.00. The molecule has 0 saturated carbocycles. The van der Waals surface area contributed by atoms with Gasteiger partial charge in [0, 0.05) is 23.6 Å². The first-order chi connectivity index (χ1) is 23.4. The van der Waals surface area contributed by atoms with E-state index in [-0.39, 0.29) is 6.03 Å². The highest BCUT2D eigenvalue weighted by Gasteiger charge is 2.37. The Hall–Kier alpha value is -4.88. The molecule has 2 aromatic carbocycles. The van der Waals surface area contributed by atoms with Crippen molar-refractivity contribution in [3.05, 3.63) is 82.2 Å². The number of nitrogens with one attached hydrogen (secondary N) is 3. The van der Waals surface area contributed by atoms with Gasteiger partial charge in [0.15, 0.2) is 0 Å². The number of ether oxygens (including phenoxy) is 3. The van der Waals surface area contributed by atoms with Crippen molar-refractivity contribution in [2.24, 2.45) is 0 Å². The van der Waals surface area contributed by atoms with Crippen molar-refractivity contribution in [2.75, 3.05) is 52.8 Å². The lowest BCUT2D eigenvalue weighted by atomic mass is 9.80. The highest BCUT2D eigenvalue weighted by atomic mass is 16.5. The topological polar surface area (TPSA) is 176 Å². The second-order valence-corrected chi connectivity index (χ2v) is 11.9. The van der Waals surface area contributed by atoms with Crippen LogP contribution in [0.2, 0.25) is 0 Å². The van der Waals surface area contributed by atoms with Crippen LogP contribution in [0.5, 0.6) is 5.75 Å². The van der Waals surface area contributed by atoms with E-state index in [1.165, 1.54) is 26.7 Å². The Balaban J connectivity index is 0.000000992. The van der Waals surface area contributed by atoms with E-state index in [9.17, 15) is 19.2 Å². The Morgan fingerprint density at radius 3 is 2.04 bits per heavy atom. The Bertz CT molecular complexity index is 1510. The number of methoxy groups -OCH3 is 3. The van der Waals surface area contributed by atoms with Crippen molar-refractivity contribution in [1.29, 1.82) is 0 Å². The second-order valence-electron chi connectivity index (χ2n) is 11.9. The van der Waals surface area contributed by atoms with E-state index in [2.05, 4.69) is 39.0 Å². The van der Waals surface area contributed by atoms with Crippen LogP contribution in [-0.2, 0) is 23.9 Å². The summed E-state index contributed by atoms with van der Waals surface area (Å²) in [6.45, 7) is 8.23. The van der Waals surface area contributed by atoms with E-state index in [1.54, 1.807) is 39.2 Å². The van der Waals surface area contributed by atoms with Crippen molar-refractivity contribution < 1.29 is 43.6 Å². The maximum Gasteiger partial charge on any atom is 0.336 e. The zero-order valence-electron chi connectivity index (χ0n) is 29.0. The molecule has 2 aliphatic rings. The summed E-state index contributed by atoms with van der Waals surface area (Å²) in [6, 6.07) is 15.1. The summed E-state index contributed by atoms with van der Waals surface area (Å²) in [6.07, 6.45) is 1.82. The number of allylic oxidation sites excluding steroid dienone is 2. The number of carbonyl (C=O) groups excluding carboxylic acids is 3. The number of hydrogen-bond donors (Lipinski definition) is 5. The summed E-state index contributed by atoms with van der Waals surface area (Å²) in [5.41, 5.74) is 4.31. The van der Waals surface area contributed by atoms with Gasteiger partial charge in [0.25, 0.3) is 0 Å². The van der Waals surface area contributed by atoms with Crippen molar-refractivity contribution in [3.63, 3.8) is 0 Å². The molecule has 2 heterocycles. The summed E-state index contributed by atoms with van der Waals surface area (Å²) >= 11 is 0. The molecule has 2 aromatic rings. The molecule has 266 valence electrons. The van der Waals surface area contributed by atoms with Gasteiger partial charge in [-0.15, -0.1) is 0 Å². The fourth-order valence-electron chi connectivity index (χ4n) is 5.95. The molecule has 2 amide bonds. The van der Waals surface area contributed by atoms with Gasteiger partial charge < -0.3 is 45.3 Å². The van der Waals surface area contributed by atoms with E-state index in [1.807, 2.05) is 12.1 Å². The van der Waals surface area contributed by atoms with Crippen LogP contribution in [0, 0.1) is 0 Å². The molecule has 0 bridgehead atoms. The van der Waals surface area contributed by atoms with Crippen LogP contribution in [0.1, 0.15) is 63.0 Å². The van der Waals surface area contributed by atoms with Gasteiger partial charge in [-0.05, 0) is 101 Å². The number of likely N-dealkylation sites (tertiary alicyclic amines) is 1. The summed E-state index contributed by atoms with van der Waals surface area (Å²) < 4.78 is 15.4. The first-order valence-corrected chi connectivity index (χ1v) is 16.2. The van der Waals surface area contributed by atoms with Gasteiger partial charge in [-0.25, -0.2) is 19.2 Å². The molecule has 1 saturated heterocycles. The third-order valence-electron chi connectivity index (χ3n) is 8.50. The number of aliphatic hydroxyl groups excluding tert-OH is 1. The molecule has 0 aromatic heterocycles. The van der Waals surface area contributed by atoms with Crippen LogP contribution in [0.25, 0.3) is 0 Å². The zero-order chi connectivity index (χ0) is 36.1. The minimum absolute atomic E-state index is 0.308. The van der Waals surface area contributed by atoms with E-state index < -0.39 is 29.9 Å². The number of amides is 2. The van der Waals surface area contributed by atoms with Crippen molar-refractivity contribution in [1.82, 2.24) is 15.5 Å². The summed E-state index contributed by atoms with van der Waals surface area (Å²) in [7, 11) is 4.30. The highest BCUT2D eigenvalue weighted by Crippen LogP contribution is 2.40. The van der Waals surface area contributed by atoms with Gasteiger partial charge in [0.05, 0.1) is 38.4 Å². The molecular weight excluding hydrogens is 632 g/mol. The number of rotatable bonds is 11. The Kier molecular flexibility index (Phi) is 14.6. The maximum atomic E-state index is 12.8. The van der Waals surface area contributed by atoms with Gasteiger partial charge >= 0.3 is 23.9 Å². The lowest BCUT2D eigenvalue weighted by Gasteiger charge is -2.32. The molecule has 0 radical (unpaired) electrons. The summed E-state index contributed by atoms with van der Waals surface area (Å²) in [5.74, 6) is -1.57. The quantitative estimate of drug-likeness (QED) is 0.171. The number of esters is 2. The zero-order valence-corrected chi connectivity index (χ0v) is 29.0. The number of dihydropyridines is 1. The van der Waals surface area contributed by atoms with E-state index in [0.29, 0.717) is 46.3 Å². The lowest BCUT2D eigenvalue weighted by molar-refractivity contribution is -0.145. The number of piperidine rings is 1. The van der Waals surface area contributed by atoms with Gasteiger partial charge in [-0.3, -0.25) is 0 Å². The summed E-state index contributed by atoms with van der Waals surface area (Å²) in [4.78, 5) is 50.2. The summed E-state index contributed by atoms with van der Waals surface area (Å²) in [5, 5.41) is 24.7. The van der Waals surface area contributed by atoms with Crippen molar-refractivity contribution in [2.45, 2.75) is 58.0 Å². The minimum Gasteiger partial charge on any atom is -0.497 e. The molecule has 49 heavy (non-hydrogen) atoms. The SMILES string of the molecule is COC(=O)C1=C(C)NC(C)=C(C(=O)OC)C1c1cccc(NC(=O)NCCCN2CCC(c3cccc(OC)c3)CC2)c1.C[C@H](O)C(=O)O. The molecule has 0 unspecified atom stereocenters. The molecule has 5 N–H and O–H groups in total. The Morgan fingerprint density at radius 1 is 0.918 bits per heavy atom. The fraction of sp³-hybridized carbons (Fsp3) is 0.444. The van der Waals surface area contributed by atoms with Crippen LogP contribution < -0.4 is 20.7 Å². The number of anilines is 1. The number of aliphatic carboxylic acids is 1. The standard InChI is InChI=1S/C33H42N4O6.C3H6O3/c1-21-28(31(38)42-4)30(29(22(2)35-21)32(39)43-5)25-10-6-11-26(19-25)36-33(40)34-15-8-16-37-17-13-23(14-18-37)24-9-7-12-27(20-24)41-3;1-2(4)3(5)6/h6-7,9-12,19-20,23,30,35H,8,13-18H2,1-5H3,(H2,34,36,40);2,4H,1H3,(H,5,6)/t;2-/m.0/s1. The van der Waals surface area contributed by atoms with Gasteiger partial charge in [-0.2, -0.15) is 0 Å². The molecule has 1 atom stereocenters. The van der Waals surface area contributed by atoms with Crippen LogP contribution >= 0.6 is 0 Å². The Labute approximate surface area is 287 Å². The van der Waals surface area contributed by atoms with Crippen LogP contribution in [-0.4, -0.2) is 92.7 Å². The number of carboxylic acid groups (broad SMARTS) is 1. The fourth-order valence-corrected chi connectivity index (χ4v) is 5.95. The molecule has 1 fully saturated rings. The molecular formula is C36H48N4O9. The third-order valence-corrected chi connectivity index (χ3v) is 8.50. The predicted molar refractivity (Wildman–Crippen MR) is 184 cm³/mol. The first kappa shape index (κ1) is 38.6. The Morgan fingerprint density at radius 2 is 1.49 bits per heavy atom. The largest absolute Gasteiger partial charge is 0.497 e. The van der Waals surface area contributed by atoms with E-state index in [4.69, 9.17) is 24.4 Å². The van der Waals surface area contributed by atoms with E-state index >= 15 is 0 Å². The number of urea groups is 1. The van der Waals surface area contributed by atoms with Crippen LogP contribution in [0.3, 0.4) is 0 Å². The second kappa shape index (κ2) is 18.6. The van der Waals surface area contributed by atoms with Crippen LogP contribution in [0.15, 0.2) is 71.1 Å². The molecule has 0 spiro atoms. The lowest BCUT2D eigenvalue weighted by Crippen LogP contribution is -2.36.